The summed E-state index contributed by atoms with van der Waals surface area (Å²) in [6.07, 6.45) is 1.99. The smallest absolute Gasteiger partial charge is 0.272 e. The van der Waals surface area contributed by atoms with Crippen LogP contribution in [0.3, 0.4) is 0 Å². The second-order valence-electron chi connectivity index (χ2n) is 10.3. The number of likely N-dealkylation sites (tertiary alicyclic amines) is 1. The highest BCUT2D eigenvalue weighted by molar-refractivity contribution is 7.93. The Labute approximate surface area is 254 Å². The van der Waals surface area contributed by atoms with E-state index in [1.54, 1.807) is 25.2 Å². The number of aromatic nitrogens is 2. The first-order valence-electron chi connectivity index (χ1n) is 13.6. The zero-order chi connectivity index (χ0) is 30.7. The van der Waals surface area contributed by atoms with Gasteiger partial charge in [-0.1, -0.05) is 30.3 Å². The highest BCUT2D eigenvalue weighted by Crippen LogP contribution is 2.37. The molecule has 1 atom stereocenters. The fourth-order valence-electron chi connectivity index (χ4n) is 5.37. The molecule has 0 aliphatic carbocycles. The van der Waals surface area contributed by atoms with Crippen molar-refractivity contribution in [3.63, 3.8) is 0 Å². The Morgan fingerprint density at radius 1 is 1.09 bits per heavy atom. The average molecular weight is 630 g/mol. The van der Waals surface area contributed by atoms with E-state index in [-0.39, 0.29) is 23.3 Å². The van der Waals surface area contributed by atoms with Gasteiger partial charge in [0.2, 0.25) is 5.13 Å². The molecule has 13 heteroatoms. The van der Waals surface area contributed by atoms with Crippen LogP contribution >= 0.6 is 11.5 Å². The molecule has 0 unspecified atom stereocenters. The molecule has 228 valence electrons. The van der Waals surface area contributed by atoms with E-state index in [1.165, 1.54) is 33.0 Å². The van der Waals surface area contributed by atoms with Gasteiger partial charge in [-0.15, -0.1) is 0 Å². The fourth-order valence-corrected chi connectivity index (χ4v) is 7.67. The fraction of sp³-hybridized carbons (Fsp3) is 0.333. The van der Waals surface area contributed by atoms with Gasteiger partial charge in [0.05, 0.1) is 20.8 Å². The number of anilines is 2. The summed E-state index contributed by atoms with van der Waals surface area (Å²) in [5.41, 5.74) is 1.99. The first-order valence-corrected chi connectivity index (χ1v) is 15.8. The molecule has 0 saturated carbocycles. The average Bonchev–Trinajstić information content (AvgIpc) is 3.70. The molecular weight excluding hydrogens is 596 g/mol. The van der Waals surface area contributed by atoms with Crippen molar-refractivity contribution in [3.8, 4) is 11.5 Å². The van der Waals surface area contributed by atoms with Gasteiger partial charge in [0.1, 0.15) is 23.6 Å². The number of hydrogen-bond acceptors (Lipinski definition) is 9. The van der Waals surface area contributed by atoms with E-state index in [0.29, 0.717) is 29.3 Å². The number of ether oxygens (including phenoxy) is 2. The van der Waals surface area contributed by atoms with Crippen molar-refractivity contribution >= 4 is 32.4 Å². The lowest BCUT2D eigenvalue weighted by atomic mass is 10.1. The van der Waals surface area contributed by atoms with Crippen molar-refractivity contribution in [2.45, 2.75) is 37.4 Å². The number of benzene rings is 3. The van der Waals surface area contributed by atoms with Gasteiger partial charge in [-0.3, -0.25) is 4.90 Å². The zero-order valence-electron chi connectivity index (χ0n) is 24.3. The van der Waals surface area contributed by atoms with Gasteiger partial charge in [-0.25, -0.2) is 26.5 Å². The molecule has 0 radical (unpaired) electrons. The zero-order valence-corrected chi connectivity index (χ0v) is 26.0. The van der Waals surface area contributed by atoms with Crippen LogP contribution in [-0.2, 0) is 23.1 Å². The quantitative estimate of drug-likeness (QED) is 0.223. The number of likely N-dealkylation sites (N-methyl/N-ethyl adjacent to an activating group) is 1. The van der Waals surface area contributed by atoms with Gasteiger partial charge in [-0.05, 0) is 37.1 Å². The maximum atomic E-state index is 16.1. The van der Waals surface area contributed by atoms with E-state index in [4.69, 9.17) is 9.47 Å². The van der Waals surface area contributed by atoms with E-state index in [0.717, 1.165) is 41.4 Å². The molecule has 1 aromatic heterocycles. The minimum absolute atomic E-state index is 0.00379. The Bertz CT molecular complexity index is 1670. The van der Waals surface area contributed by atoms with E-state index in [1.807, 2.05) is 23.1 Å². The summed E-state index contributed by atoms with van der Waals surface area (Å²) >= 11 is 0.797. The second-order valence-corrected chi connectivity index (χ2v) is 12.9. The minimum atomic E-state index is -4.77. The van der Waals surface area contributed by atoms with E-state index < -0.39 is 26.6 Å². The van der Waals surface area contributed by atoms with E-state index in [2.05, 4.69) is 26.4 Å². The molecule has 2 heterocycles. The maximum absolute atomic E-state index is 16.1. The normalized spacial score (nSPS) is 15.4. The van der Waals surface area contributed by atoms with Crippen LogP contribution in [0.5, 0.6) is 11.5 Å². The number of methoxy groups -OCH3 is 2. The molecule has 0 bridgehead atoms. The summed E-state index contributed by atoms with van der Waals surface area (Å²) in [5, 5.41) is -0.0417. The summed E-state index contributed by atoms with van der Waals surface area (Å²) in [4.78, 5) is 7.14. The predicted octanol–water partition coefficient (Wildman–Crippen LogP) is 5.25. The topological polar surface area (TPSA) is 88.1 Å². The summed E-state index contributed by atoms with van der Waals surface area (Å²) in [6, 6.07) is 16.1. The third kappa shape index (κ3) is 6.29. The SMILES string of the molecule is COc1ccc(CN(c2ncns2)S(=O)(=O)c2c(F)cc(N(C)[C@H]3CCN(Cc4ccccc4)C3)c(C)c2F)c(OC)c1. The number of hydrogen-bond donors (Lipinski definition) is 0. The Hall–Kier alpha value is -3.81. The Morgan fingerprint density at radius 3 is 2.53 bits per heavy atom. The first-order chi connectivity index (χ1) is 20.6. The number of halogens is 2. The van der Waals surface area contributed by atoms with Crippen LogP contribution in [0.2, 0.25) is 0 Å². The monoisotopic (exact) mass is 629 g/mol. The van der Waals surface area contributed by atoms with Gasteiger partial charge in [0.25, 0.3) is 10.0 Å². The summed E-state index contributed by atoms with van der Waals surface area (Å²) in [5.74, 6) is -1.47. The lowest BCUT2D eigenvalue weighted by Crippen LogP contribution is -2.36. The third-order valence-corrected chi connectivity index (χ3v) is 10.3. The molecule has 0 spiro atoms. The highest BCUT2D eigenvalue weighted by Gasteiger charge is 2.36. The Morgan fingerprint density at radius 2 is 1.86 bits per heavy atom. The van der Waals surface area contributed by atoms with E-state index >= 15 is 8.78 Å². The first kappa shape index (κ1) is 30.6. The van der Waals surface area contributed by atoms with Crippen LogP contribution in [0.15, 0.2) is 65.8 Å². The van der Waals surface area contributed by atoms with Gasteiger partial charge in [0, 0.05) is 67.1 Å². The lowest BCUT2D eigenvalue weighted by molar-refractivity contribution is 0.326. The van der Waals surface area contributed by atoms with Crippen LogP contribution < -0.4 is 18.7 Å². The van der Waals surface area contributed by atoms with Crippen molar-refractivity contribution in [1.82, 2.24) is 14.3 Å². The van der Waals surface area contributed by atoms with Gasteiger partial charge in [0.15, 0.2) is 10.7 Å². The standard InChI is InChI=1S/C30H33F2N5O4S2/c1-20-26(35(2)23-12-13-36(18-23)16-21-8-6-5-7-9-21)15-25(31)29(28(20)32)43(38,39)37(30-33-19-34-42-30)17-22-10-11-24(40-3)14-27(22)41-4/h5-11,14-15,19,23H,12-13,16-18H2,1-4H3/t23-/m0/s1. The van der Waals surface area contributed by atoms with Crippen molar-refractivity contribution < 1.29 is 26.7 Å². The van der Waals surface area contributed by atoms with Crippen LogP contribution in [0.25, 0.3) is 0 Å². The molecule has 1 aliphatic heterocycles. The van der Waals surface area contributed by atoms with Crippen molar-refractivity contribution in [1.29, 1.82) is 0 Å². The number of nitrogens with zero attached hydrogens (tertiary/aromatic N) is 5. The maximum Gasteiger partial charge on any atom is 0.272 e. The third-order valence-electron chi connectivity index (χ3n) is 7.74. The second kappa shape index (κ2) is 12.8. The summed E-state index contributed by atoms with van der Waals surface area (Å²) < 4.78 is 75.3. The summed E-state index contributed by atoms with van der Waals surface area (Å²) in [6.45, 7) is 3.50. The van der Waals surface area contributed by atoms with Gasteiger partial charge in [-0.2, -0.15) is 4.37 Å². The molecule has 1 fully saturated rings. The van der Waals surface area contributed by atoms with Crippen LogP contribution in [0, 0.1) is 18.6 Å². The van der Waals surface area contributed by atoms with Crippen LogP contribution in [0.1, 0.15) is 23.1 Å². The highest BCUT2D eigenvalue weighted by atomic mass is 32.2. The molecule has 5 rings (SSSR count). The number of rotatable bonds is 11. The van der Waals surface area contributed by atoms with Gasteiger partial charge >= 0.3 is 0 Å². The van der Waals surface area contributed by atoms with Crippen LogP contribution in [0.4, 0.5) is 19.6 Å². The molecule has 4 aromatic rings. The van der Waals surface area contributed by atoms with Crippen molar-refractivity contribution in [2.24, 2.45) is 0 Å². The molecule has 9 nitrogen and oxygen atoms in total. The largest absolute Gasteiger partial charge is 0.497 e. The van der Waals surface area contributed by atoms with Gasteiger partial charge < -0.3 is 14.4 Å². The Balaban J connectivity index is 1.45. The number of sulfonamides is 1. The molecule has 3 aromatic carbocycles. The minimum Gasteiger partial charge on any atom is -0.497 e. The van der Waals surface area contributed by atoms with Crippen molar-refractivity contribution in [2.75, 3.05) is 43.6 Å². The predicted molar refractivity (Wildman–Crippen MR) is 162 cm³/mol. The molecule has 1 aliphatic rings. The molecule has 0 amide bonds. The van der Waals surface area contributed by atoms with Crippen LogP contribution in [-0.4, -0.2) is 63.1 Å². The molecular formula is C30H33F2N5O4S2. The lowest BCUT2D eigenvalue weighted by Gasteiger charge is -2.30. The van der Waals surface area contributed by atoms with Crippen molar-refractivity contribution in [3.05, 3.63) is 89.2 Å². The van der Waals surface area contributed by atoms with E-state index in [9.17, 15) is 8.42 Å². The molecule has 43 heavy (non-hydrogen) atoms. The summed E-state index contributed by atoms with van der Waals surface area (Å²) in [7, 11) is -0.0560. The molecule has 1 saturated heterocycles. The molecule has 0 N–H and O–H groups in total. The Kier molecular flexibility index (Phi) is 9.13.